The largest absolute Gasteiger partial charge is 0.334 e. The molecule has 2 aromatic rings. The van der Waals surface area contributed by atoms with Gasteiger partial charge in [0.15, 0.2) is 15.7 Å². The maximum atomic E-state index is 11.5. The fourth-order valence-corrected chi connectivity index (χ4v) is 4.22. The molecule has 21 heavy (non-hydrogen) atoms. The van der Waals surface area contributed by atoms with Crippen LogP contribution < -0.4 is 0 Å². The third-order valence-electron chi connectivity index (χ3n) is 3.63. The molecule has 0 saturated carbocycles. The highest BCUT2D eigenvalue weighted by atomic mass is 32.2. The molecule has 0 radical (unpaired) electrons. The van der Waals surface area contributed by atoms with Crippen LogP contribution in [0.1, 0.15) is 29.3 Å². The second-order valence-electron chi connectivity index (χ2n) is 5.20. The molecule has 1 atom stereocenters. The van der Waals surface area contributed by atoms with E-state index in [-0.39, 0.29) is 17.4 Å². The maximum Gasteiger partial charge on any atom is 0.258 e. The van der Waals surface area contributed by atoms with Crippen molar-refractivity contribution < 1.29 is 12.9 Å². The van der Waals surface area contributed by atoms with Crippen molar-refractivity contribution in [3.8, 4) is 17.5 Å². The number of aromatic nitrogens is 2. The van der Waals surface area contributed by atoms with Gasteiger partial charge in [0.2, 0.25) is 0 Å². The first-order chi connectivity index (χ1) is 9.98. The molecule has 1 aliphatic rings. The zero-order chi connectivity index (χ0) is 15.0. The average molecular weight is 303 g/mol. The lowest BCUT2D eigenvalue weighted by molar-refractivity contribution is 0.417. The molecule has 1 aromatic carbocycles. The van der Waals surface area contributed by atoms with E-state index in [4.69, 9.17) is 9.78 Å². The Bertz CT molecular complexity index is 833. The lowest BCUT2D eigenvalue weighted by Gasteiger charge is -2.01. The quantitative estimate of drug-likeness (QED) is 0.839. The molecule has 1 unspecified atom stereocenters. The zero-order valence-electron chi connectivity index (χ0n) is 11.4. The van der Waals surface area contributed by atoms with E-state index >= 15 is 0 Å². The van der Waals surface area contributed by atoms with Crippen LogP contribution in [0.2, 0.25) is 0 Å². The Morgan fingerprint density at radius 2 is 2.24 bits per heavy atom. The number of rotatable bonds is 2. The van der Waals surface area contributed by atoms with Gasteiger partial charge in [0, 0.05) is 11.5 Å². The Hall–Kier alpha value is -2.20. The SMILES string of the molecule is Cc1cc(C#N)ccc1-c1nc(C2CCS(=O)(=O)C2)no1. The van der Waals surface area contributed by atoms with Crippen molar-refractivity contribution >= 4 is 9.84 Å². The molecule has 0 spiro atoms. The minimum absolute atomic E-state index is 0.0817. The topological polar surface area (TPSA) is 96.8 Å². The summed E-state index contributed by atoms with van der Waals surface area (Å²) in [6.07, 6.45) is 0.535. The molecular formula is C14H13N3O3S. The summed E-state index contributed by atoms with van der Waals surface area (Å²) in [7, 11) is -2.97. The van der Waals surface area contributed by atoms with Crippen LogP contribution in [0, 0.1) is 18.3 Å². The summed E-state index contributed by atoms with van der Waals surface area (Å²) in [6, 6.07) is 7.27. The van der Waals surface area contributed by atoms with E-state index in [1.54, 1.807) is 18.2 Å². The average Bonchev–Trinajstić information content (AvgIpc) is 3.05. The minimum Gasteiger partial charge on any atom is -0.334 e. The summed E-state index contributed by atoms with van der Waals surface area (Å²) in [5, 5.41) is 12.8. The van der Waals surface area contributed by atoms with E-state index < -0.39 is 9.84 Å². The van der Waals surface area contributed by atoms with Gasteiger partial charge in [-0.05, 0) is 37.1 Å². The fraction of sp³-hybridized carbons (Fsp3) is 0.357. The molecule has 0 bridgehead atoms. The van der Waals surface area contributed by atoms with Crippen molar-refractivity contribution in [2.24, 2.45) is 0 Å². The van der Waals surface area contributed by atoms with Crippen LogP contribution in [0.15, 0.2) is 22.7 Å². The number of hydrogen-bond acceptors (Lipinski definition) is 6. The van der Waals surface area contributed by atoms with Crippen LogP contribution in [-0.2, 0) is 9.84 Å². The van der Waals surface area contributed by atoms with Gasteiger partial charge in [-0.3, -0.25) is 0 Å². The number of aryl methyl sites for hydroxylation is 1. The summed E-state index contributed by atoms with van der Waals surface area (Å²) in [5.41, 5.74) is 2.19. The third-order valence-corrected chi connectivity index (χ3v) is 5.39. The van der Waals surface area contributed by atoms with E-state index in [0.29, 0.717) is 23.7 Å². The summed E-state index contributed by atoms with van der Waals surface area (Å²) in [5.74, 6) is 0.868. The lowest BCUT2D eigenvalue weighted by Crippen LogP contribution is -2.05. The third kappa shape index (κ3) is 2.67. The van der Waals surface area contributed by atoms with Gasteiger partial charge in [0.05, 0.1) is 23.1 Å². The van der Waals surface area contributed by atoms with Crippen LogP contribution in [0.3, 0.4) is 0 Å². The normalized spacial score (nSPS) is 20.3. The van der Waals surface area contributed by atoms with Crippen molar-refractivity contribution in [3.05, 3.63) is 35.2 Å². The van der Waals surface area contributed by atoms with Gasteiger partial charge in [-0.2, -0.15) is 10.2 Å². The van der Waals surface area contributed by atoms with Crippen LogP contribution in [0.25, 0.3) is 11.5 Å². The van der Waals surface area contributed by atoms with Crippen molar-refractivity contribution in [2.45, 2.75) is 19.3 Å². The molecule has 0 N–H and O–H groups in total. The highest BCUT2D eigenvalue weighted by molar-refractivity contribution is 7.91. The molecule has 108 valence electrons. The molecule has 0 aliphatic carbocycles. The molecule has 1 aromatic heterocycles. The summed E-state index contributed by atoms with van der Waals surface area (Å²) >= 11 is 0. The van der Waals surface area contributed by atoms with Crippen LogP contribution >= 0.6 is 0 Å². The Morgan fingerprint density at radius 1 is 1.43 bits per heavy atom. The van der Waals surface area contributed by atoms with Gasteiger partial charge in [0.1, 0.15) is 0 Å². The van der Waals surface area contributed by atoms with E-state index in [0.717, 1.165) is 11.1 Å². The maximum absolute atomic E-state index is 11.5. The molecule has 1 aliphatic heterocycles. The smallest absolute Gasteiger partial charge is 0.258 e. The predicted octanol–water partition coefficient (Wildman–Crippen LogP) is 1.82. The number of sulfone groups is 1. The van der Waals surface area contributed by atoms with Crippen LogP contribution in [0.5, 0.6) is 0 Å². The summed E-state index contributed by atoms with van der Waals surface area (Å²) in [4.78, 5) is 4.32. The zero-order valence-corrected chi connectivity index (χ0v) is 12.2. The van der Waals surface area contributed by atoms with Gasteiger partial charge in [0.25, 0.3) is 5.89 Å². The van der Waals surface area contributed by atoms with Gasteiger partial charge in [-0.15, -0.1) is 0 Å². The first-order valence-electron chi connectivity index (χ1n) is 6.54. The van der Waals surface area contributed by atoms with Crippen molar-refractivity contribution in [2.75, 3.05) is 11.5 Å². The standard InChI is InChI=1S/C14H13N3O3S/c1-9-6-10(7-15)2-3-12(9)14-16-13(17-20-14)11-4-5-21(18,19)8-11/h2-3,6,11H,4-5,8H2,1H3. The van der Waals surface area contributed by atoms with Crippen molar-refractivity contribution in [1.29, 1.82) is 5.26 Å². The van der Waals surface area contributed by atoms with E-state index in [9.17, 15) is 8.42 Å². The molecule has 2 heterocycles. The van der Waals surface area contributed by atoms with Crippen molar-refractivity contribution in [3.63, 3.8) is 0 Å². The van der Waals surface area contributed by atoms with Gasteiger partial charge in [-0.25, -0.2) is 8.42 Å². The minimum atomic E-state index is -2.97. The highest BCUT2D eigenvalue weighted by Crippen LogP contribution is 2.29. The monoisotopic (exact) mass is 303 g/mol. The lowest BCUT2D eigenvalue weighted by atomic mass is 10.1. The number of hydrogen-bond donors (Lipinski definition) is 0. The fourth-order valence-electron chi connectivity index (χ4n) is 2.48. The van der Waals surface area contributed by atoms with Gasteiger partial charge < -0.3 is 4.52 Å². The van der Waals surface area contributed by atoms with Gasteiger partial charge in [-0.1, -0.05) is 5.16 Å². The molecule has 6 nitrogen and oxygen atoms in total. The first-order valence-corrected chi connectivity index (χ1v) is 8.36. The molecule has 0 amide bonds. The first kappa shape index (κ1) is 13.8. The molecular weight excluding hydrogens is 290 g/mol. The van der Waals surface area contributed by atoms with Crippen molar-refractivity contribution in [1.82, 2.24) is 10.1 Å². The molecule has 1 saturated heterocycles. The second kappa shape index (κ2) is 4.97. The Balaban J connectivity index is 1.91. The Labute approximate surface area is 122 Å². The van der Waals surface area contributed by atoms with Crippen LogP contribution in [0.4, 0.5) is 0 Å². The Morgan fingerprint density at radius 3 is 2.86 bits per heavy atom. The Kier molecular flexibility index (Phi) is 3.26. The number of nitriles is 1. The molecule has 3 rings (SSSR count). The summed E-state index contributed by atoms with van der Waals surface area (Å²) in [6.45, 7) is 1.86. The van der Waals surface area contributed by atoms with Crippen LogP contribution in [-0.4, -0.2) is 30.1 Å². The van der Waals surface area contributed by atoms with E-state index in [1.165, 1.54) is 0 Å². The van der Waals surface area contributed by atoms with E-state index in [1.807, 2.05) is 6.92 Å². The summed E-state index contributed by atoms with van der Waals surface area (Å²) < 4.78 is 28.2. The number of benzene rings is 1. The predicted molar refractivity (Wildman–Crippen MR) is 75.2 cm³/mol. The number of nitrogens with zero attached hydrogens (tertiary/aromatic N) is 3. The molecule has 1 fully saturated rings. The highest BCUT2D eigenvalue weighted by Gasteiger charge is 2.32. The van der Waals surface area contributed by atoms with Gasteiger partial charge >= 0.3 is 0 Å². The van der Waals surface area contributed by atoms with E-state index in [2.05, 4.69) is 16.2 Å². The second-order valence-corrected chi connectivity index (χ2v) is 7.43. The molecule has 7 heteroatoms.